The molecule has 168 valence electrons. The SMILES string of the molecule is CCOC(=O)Cc1ccccc1.O=C(O)Cc1ccccc1.O=C(O)Cc1ccccc1. The fraction of sp³-hybridized carbons (Fsp3) is 0.192. The predicted molar refractivity (Wildman–Crippen MR) is 122 cm³/mol. The highest BCUT2D eigenvalue weighted by molar-refractivity contribution is 5.72. The molecule has 0 unspecified atom stereocenters. The van der Waals surface area contributed by atoms with Gasteiger partial charge in [-0.2, -0.15) is 0 Å². The lowest BCUT2D eigenvalue weighted by molar-refractivity contribution is -0.142. The molecule has 0 amide bonds. The third-order valence-corrected chi connectivity index (χ3v) is 3.89. The summed E-state index contributed by atoms with van der Waals surface area (Å²) in [5.41, 5.74) is 2.68. The van der Waals surface area contributed by atoms with Gasteiger partial charge in [0, 0.05) is 0 Å². The van der Waals surface area contributed by atoms with Crippen LogP contribution in [0.3, 0.4) is 0 Å². The molecule has 3 aromatic carbocycles. The predicted octanol–water partition coefficient (Wildman–Crippen LogP) is 4.42. The first kappa shape index (κ1) is 26.1. The zero-order valence-corrected chi connectivity index (χ0v) is 18.0. The molecule has 0 fully saturated rings. The summed E-state index contributed by atoms with van der Waals surface area (Å²) < 4.78 is 4.81. The summed E-state index contributed by atoms with van der Waals surface area (Å²) in [7, 11) is 0. The largest absolute Gasteiger partial charge is 0.481 e. The van der Waals surface area contributed by atoms with Crippen LogP contribution in [0.15, 0.2) is 91.0 Å². The fourth-order valence-corrected chi connectivity index (χ4v) is 2.52. The highest BCUT2D eigenvalue weighted by Gasteiger charge is 2.01. The standard InChI is InChI=1S/C10H12O2.2C8H8O2/c1-2-12-10(11)8-9-6-4-3-5-7-9;2*9-8(10)6-7-4-2-1-3-5-7/h3-7H,2,8H2,1H3;2*1-5H,6H2,(H,9,10). The number of carboxylic acids is 2. The first-order valence-electron chi connectivity index (χ1n) is 10.1. The molecule has 0 aliphatic carbocycles. The van der Waals surface area contributed by atoms with Gasteiger partial charge in [0.25, 0.3) is 0 Å². The van der Waals surface area contributed by atoms with E-state index < -0.39 is 11.9 Å². The Morgan fingerprint density at radius 2 is 0.906 bits per heavy atom. The smallest absolute Gasteiger partial charge is 0.310 e. The van der Waals surface area contributed by atoms with Crippen molar-refractivity contribution >= 4 is 17.9 Å². The molecule has 3 aromatic rings. The molecule has 0 aliphatic heterocycles. The summed E-state index contributed by atoms with van der Waals surface area (Å²) in [5.74, 6) is -1.74. The van der Waals surface area contributed by atoms with Crippen molar-refractivity contribution in [2.75, 3.05) is 6.61 Å². The van der Waals surface area contributed by atoms with E-state index in [2.05, 4.69) is 0 Å². The second kappa shape index (κ2) is 15.8. The molecule has 0 bridgehead atoms. The Hall–Kier alpha value is -3.93. The molecule has 0 radical (unpaired) electrons. The zero-order chi connectivity index (χ0) is 23.6. The Labute approximate surface area is 188 Å². The summed E-state index contributed by atoms with van der Waals surface area (Å²) in [6, 6.07) is 27.8. The zero-order valence-electron chi connectivity index (χ0n) is 18.0. The third-order valence-electron chi connectivity index (χ3n) is 3.89. The number of hydrogen-bond donors (Lipinski definition) is 2. The molecule has 0 saturated carbocycles. The van der Waals surface area contributed by atoms with E-state index in [1.807, 2.05) is 73.7 Å². The van der Waals surface area contributed by atoms with Gasteiger partial charge in [0.2, 0.25) is 0 Å². The number of esters is 1. The lowest BCUT2D eigenvalue weighted by Crippen LogP contribution is -2.06. The van der Waals surface area contributed by atoms with E-state index in [4.69, 9.17) is 14.9 Å². The number of benzene rings is 3. The third kappa shape index (κ3) is 13.3. The van der Waals surface area contributed by atoms with Gasteiger partial charge >= 0.3 is 17.9 Å². The van der Waals surface area contributed by atoms with Gasteiger partial charge in [-0.3, -0.25) is 14.4 Å². The Kier molecular flexibility index (Phi) is 12.9. The quantitative estimate of drug-likeness (QED) is 0.532. The lowest BCUT2D eigenvalue weighted by Gasteiger charge is -2.00. The number of rotatable bonds is 7. The minimum Gasteiger partial charge on any atom is -0.481 e. The number of aliphatic carboxylic acids is 2. The number of carboxylic acid groups (broad SMARTS) is 2. The molecule has 32 heavy (non-hydrogen) atoms. The molecule has 0 atom stereocenters. The summed E-state index contributed by atoms with van der Waals surface area (Å²) in [5, 5.41) is 16.7. The van der Waals surface area contributed by atoms with E-state index in [0.717, 1.165) is 16.7 Å². The number of carbonyl (C=O) groups is 3. The van der Waals surface area contributed by atoms with Gasteiger partial charge in [-0.15, -0.1) is 0 Å². The van der Waals surface area contributed by atoms with E-state index in [0.29, 0.717) is 13.0 Å². The number of ether oxygens (including phenoxy) is 1. The Balaban J connectivity index is 0.000000241. The van der Waals surface area contributed by atoms with Crippen LogP contribution in [0.25, 0.3) is 0 Å². The molecule has 0 saturated heterocycles. The molecule has 0 spiro atoms. The summed E-state index contributed by atoms with van der Waals surface area (Å²) in [6.45, 7) is 2.26. The molecule has 6 nitrogen and oxygen atoms in total. The minimum absolute atomic E-state index is 0.112. The van der Waals surface area contributed by atoms with Crippen molar-refractivity contribution in [1.82, 2.24) is 0 Å². The second-order valence-electron chi connectivity index (χ2n) is 6.58. The van der Waals surface area contributed by atoms with Crippen molar-refractivity contribution in [1.29, 1.82) is 0 Å². The Morgan fingerprint density at radius 3 is 1.19 bits per heavy atom. The van der Waals surface area contributed by atoms with Crippen LogP contribution in [0, 0.1) is 0 Å². The van der Waals surface area contributed by atoms with Gasteiger partial charge in [0.15, 0.2) is 0 Å². The maximum atomic E-state index is 11.0. The number of hydrogen-bond acceptors (Lipinski definition) is 4. The van der Waals surface area contributed by atoms with Crippen molar-refractivity contribution in [2.45, 2.75) is 26.2 Å². The average Bonchev–Trinajstić information content (AvgIpc) is 2.76. The van der Waals surface area contributed by atoms with E-state index in [9.17, 15) is 14.4 Å². The van der Waals surface area contributed by atoms with Crippen LogP contribution in [-0.2, 0) is 38.4 Å². The molecule has 2 N–H and O–H groups in total. The van der Waals surface area contributed by atoms with Gasteiger partial charge in [-0.25, -0.2) is 0 Å². The Morgan fingerprint density at radius 1 is 0.594 bits per heavy atom. The average molecular weight is 437 g/mol. The normalized spacial score (nSPS) is 9.28. The van der Waals surface area contributed by atoms with Gasteiger partial charge in [0.05, 0.1) is 25.9 Å². The maximum absolute atomic E-state index is 11.0. The van der Waals surface area contributed by atoms with Crippen molar-refractivity contribution in [3.63, 3.8) is 0 Å². The topological polar surface area (TPSA) is 101 Å². The maximum Gasteiger partial charge on any atom is 0.310 e. The summed E-state index contributed by atoms with van der Waals surface area (Å²) in [4.78, 5) is 31.3. The van der Waals surface area contributed by atoms with Crippen LogP contribution in [0.1, 0.15) is 23.6 Å². The molecule has 3 rings (SSSR count). The van der Waals surface area contributed by atoms with Crippen molar-refractivity contribution in [2.24, 2.45) is 0 Å². The molecule has 0 heterocycles. The van der Waals surface area contributed by atoms with E-state index in [-0.39, 0.29) is 18.8 Å². The molecule has 6 heteroatoms. The highest BCUT2D eigenvalue weighted by Crippen LogP contribution is 2.01. The summed E-state index contributed by atoms with van der Waals surface area (Å²) in [6.07, 6.45) is 0.594. The molecular formula is C26H28O6. The van der Waals surface area contributed by atoms with E-state index in [1.54, 1.807) is 24.3 Å². The van der Waals surface area contributed by atoms with Crippen LogP contribution in [0.5, 0.6) is 0 Å². The second-order valence-corrected chi connectivity index (χ2v) is 6.58. The lowest BCUT2D eigenvalue weighted by atomic mass is 10.2. The molecule has 0 aromatic heterocycles. The fourth-order valence-electron chi connectivity index (χ4n) is 2.52. The van der Waals surface area contributed by atoms with Crippen LogP contribution in [0.2, 0.25) is 0 Å². The number of carbonyl (C=O) groups excluding carboxylic acids is 1. The first-order valence-corrected chi connectivity index (χ1v) is 10.1. The van der Waals surface area contributed by atoms with E-state index >= 15 is 0 Å². The first-order chi connectivity index (χ1) is 15.4. The van der Waals surface area contributed by atoms with Crippen molar-refractivity contribution in [3.05, 3.63) is 108 Å². The van der Waals surface area contributed by atoms with Crippen molar-refractivity contribution in [3.8, 4) is 0 Å². The van der Waals surface area contributed by atoms with Crippen molar-refractivity contribution < 1.29 is 29.3 Å². The van der Waals surface area contributed by atoms with Crippen LogP contribution >= 0.6 is 0 Å². The van der Waals surface area contributed by atoms with Crippen LogP contribution in [0.4, 0.5) is 0 Å². The van der Waals surface area contributed by atoms with Crippen LogP contribution in [-0.4, -0.2) is 34.7 Å². The molecular weight excluding hydrogens is 408 g/mol. The van der Waals surface area contributed by atoms with E-state index in [1.165, 1.54) is 0 Å². The van der Waals surface area contributed by atoms with Gasteiger partial charge in [-0.1, -0.05) is 91.0 Å². The van der Waals surface area contributed by atoms with Gasteiger partial charge in [0.1, 0.15) is 0 Å². The van der Waals surface area contributed by atoms with Gasteiger partial charge in [-0.05, 0) is 23.6 Å². The van der Waals surface area contributed by atoms with Gasteiger partial charge < -0.3 is 14.9 Å². The Bertz CT molecular complexity index is 873. The minimum atomic E-state index is -0.786. The summed E-state index contributed by atoms with van der Waals surface area (Å²) >= 11 is 0. The molecule has 0 aliphatic rings. The highest BCUT2D eigenvalue weighted by atomic mass is 16.5. The monoisotopic (exact) mass is 436 g/mol. The van der Waals surface area contributed by atoms with Crippen LogP contribution < -0.4 is 0 Å².